The molecule has 1 aromatic carbocycles. The summed E-state index contributed by atoms with van der Waals surface area (Å²) in [7, 11) is 2.02. The molecule has 4 heteroatoms. The summed E-state index contributed by atoms with van der Waals surface area (Å²) in [6.07, 6.45) is 3.80. The number of aryl methyl sites for hydroxylation is 2. The van der Waals surface area contributed by atoms with E-state index >= 15 is 0 Å². The Morgan fingerprint density at radius 2 is 2.29 bits per heavy atom. The molecule has 1 heterocycles. The minimum Gasteiger partial charge on any atom is -0.384 e. The molecule has 0 spiro atoms. The van der Waals surface area contributed by atoms with Gasteiger partial charge in [0.1, 0.15) is 0 Å². The van der Waals surface area contributed by atoms with E-state index in [1.807, 2.05) is 24.0 Å². The van der Waals surface area contributed by atoms with E-state index in [1.54, 1.807) is 11.8 Å². The maximum absolute atomic E-state index is 4.27. The lowest BCUT2D eigenvalue weighted by Crippen LogP contribution is -2.04. The van der Waals surface area contributed by atoms with Crippen LogP contribution in [0.3, 0.4) is 0 Å². The average Bonchev–Trinajstić information content (AvgIpc) is 2.71. The van der Waals surface area contributed by atoms with Gasteiger partial charge in [-0.15, -0.1) is 0 Å². The van der Waals surface area contributed by atoms with Crippen LogP contribution in [0.4, 0.5) is 5.69 Å². The fourth-order valence-corrected chi connectivity index (χ4v) is 2.37. The fraction of sp³-hybridized carbons (Fsp3) is 0.308. The van der Waals surface area contributed by atoms with Crippen molar-refractivity contribution < 1.29 is 0 Å². The Labute approximate surface area is 106 Å². The van der Waals surface area contributed by atoms with Crippen LogP contribution in [0.15, 0.2) is 41.8 Å². The first-order valence-electron chi connectivity index (χ1n) is 5.66. The third-order valence-corrected chi connectivity index (χ3v) is 3.52. The number of imidazole rings is 1. The summed E-state index contributed by atoms with van der Waals surface area (Å²) in [4.78, 5) is 4.27. The Kier molecular flexibility index (Phi) is 4.09. The highest BCUT2D eigenvalue weighted by atomic mass is 32.2. The third-order valence-electron chi connectivity index (χ3n) is 2.46. The van der Waals surface area contributed by atoms with Crippen LogP contribution in [0.5, 0.6) is 0 Å². The van der Waals surface area contributed by atoms with Gasteiger partial charge in [0, 0.05) is 37.4 Å². The summed E-state index contributed by atoms with van der Waals surface area (Å²) in [6, 6.07) is 8.43. The highest BCUT2D eigenvalue weighted by Crippen LogP contribution is 2.14. The Balaban J connectivity index is 1.75. The highest BCUT2D eigenvalue weighted by molar-refractivity contribution is 7.99. The van der Waals surface area contributed by atoms with Crippen molar-refractivity contribution in [1.82, 2.24) is 9.55 Å². The first kappa shape index (κ1) is 12.0. The SMILES string of the molecule is Cc1cccc(NCCSc2nccn2C)c1. The van der Waals surface area contributed by atoms with Crippen LogP contribution < -0.4 is 5.32 Å². The second-order valence-corrected chi connectivity index (χ2v) is 5.03. The van der Waals surface area contributed by atoms with E-state index in [-0.39, 0.29) is 0 Å². The molecule has 3 nitrogen and oxygen atoms in total. The van der Waals surface area contributed by atoms with Crippen LogP contribution in [-0.2, 0) is 7.05 Å². The van der Waals surface area contributed by atoms with Crippen molar-refractivity contribution in [3.05, 3.63) is 42.2 Å². The maximum atomic E-state index is 4.27. The number of thioether (sulfide) groups is 1. The largest absolute Gasteiger partial charge is 0.384 e. The summed E-state index contributed by atoms with van der Waals surface area (Å²) in [5, 5.41) is 4.48. The van der Waals surface area contributed by atoms with Gasteiger partial charge in [-0.3, -0.25) is 0 Å². The Morgan fingerprint density at radius 3 is 3.00 bits per heavy atom. The summed E-state index contributed by atoms with van der Waals surface area (Å²) in [5.74, 6) is 1.01. The second kappa shape index (κ2) is 5.77. The molecule has 90 valence electrons. The lowest BCUT2D eigenvalue weighted by Gasteiger charge is -2.06. The zero-order valence-electron chi connectivity index (χ0n) is 10.2. The van der Waals surface area contributed by atoms with Crippen molar-refractivity contribution in [3.8, 4) is 0 Å². The standard InChI is InChI=1S/C13H17N3S/c1-11-4-3-5-12(10-11)14-7-9-17-13-15-6-8-16(13)2/h3-6,8,10,14H,7,9H2,1-2H3. The lowest BCUT2D eigenvalue weighted by molar-refractivity contribution is 0.790. The van der Waals surface area contributed by atoms with Gasteiger partial charge in [0.25, 0.3) is 0 Å². The lowest BCUT2D eigenvalue weighted by atomic mass is 10.2. The van der Waals surface area contributed by atoms with Crippen molar-refractivity contribution in [1.29, 1.82) is 0 Å². The van der Waals surface area contributed by atoms with Crippen molar-refractivity contribution in [2.24, 2.45) is 7.05 Å². The molecular formula is C13H17N3S. The second-order valence-electron chi connectivity index (χ2n) is 3.97. The molecule has 0 fully saturated rings. The van der Waals surface area contributed by atoms with Gasteiger partial charge in [0.05, 0.1) is 0 Å². The molecule has 1 aromatic heterocycles. The van der Waals surface area contributed by atoms with Gasteiger partial charge in [0.15, 0.2) is 5.16 Å². The van der Waals surface area contributed by atoms with Gasteiger partial charge in [-0.25, -0.2) is 4.98 Å². The molecule has 0 aliphatic carbocycles. The summed E-state index contributed by atoms with van der Waals surface area (Å²) < 4.78 is 2.04. The number of nitrogens with zero attached hydrogens (tertiary/aromatic N) is 2. The van der Waals surface area contributed by atoms with Crippen molar-refractivity contribution in [2.75, 3.05) is 17.6 Å². The number of aromatic nitrogens is 2. The number of benzene rings is 1. The van der Waals surface area contributed by atoms with Gasteiger partial charge in [-0.1, -0.05) is 23.9 Å². The first-order chi connectivity index (χ1) is 8.25. The van der Waals surface area contributed by atoms with Crippen LogP contribution in [0.2, 0.25) is 0 Å². The minimum absolute atomic E-state index is 0.945. The molecule has 0 aliphatic heterocycles. The van der Waals surface area contributed by atoms with Crippen LogP contribution in [-0.4, -0.2) is 21.8 Å². The predicted molar refractivity (Wildman–Crippen MR) is 73.6 cm³/mol. The van der Waals surface area contributed by atoms with E-state index in [9.17, 15) is 0 Å². The van der Waals surface area contributed by atoms with Crippen LogP contribution in [0.1, 0.15) is 5.56 Å². The summed E-state index contributed by atoms with van der Waals surface area (Å²) >= 11 is 1.77. The van der Waals surface area contributed by atoms with Crippen molar-refractivity contribution in [3.63, 3.8) is 0 Å². The molecule has 0 aliphatic rings. The molecule has 17 heavy (non-hydrogen) atoms. The van der Waals surface area contributed by atoms with E-state index in [1.165, 1.54) is 11.3 Å². The maximum Gasteiger partial charge on any atom is 0.167 e. The van der Waals surface area contributed by atoms with Crippen LogP contribution >= 0.6 is 11.8 Å². The molecule has 0 radical (unpaired) electrons. The molecule has 2 aromatic rings. The van der Waals surface area contributed by atoms with Crippen LogP contribution in [0.25, 0.3) is 0 Å². The van der Waals surface area contributed by atoms with E-state index in [2.05, 4.69) is 41.5 Å². The monoisotopic (exact) mass is 247 g/mol. The van der Waals surface area contributed by atoms with E-state index in [4.69, 9.17) is 0 Å². The van der Waals surface area contributed by atoms with Crippen molar-refractivity contribution >= 4 is 17.4 Å². The Bertz CT molecular complexity index is 479. The molecule has 0 atom stereocenters. The average molecular weight is 247 g/mol. The summed E-state index contributed by atoms with van der Waals surface area (Å²) in [5.41, 5.74) is 2.47. The van der Waals surface area contributed by atoms with E-state index < -0.39 is 0 Å². The normalized spacial score (nSPS) is 10.5. The number of nitrogens with one attached hydrogen (secondary N) is 1. The zero-order chi connectivity index (χ0) is 12.1. The molecule has 2 rings (SSSR count). The van der Waals surface area contributed by atoms with Gasteiger partial charge >= 0.3 is 0 Å². The highest BCUT2D eigenvalue weighted by Gasteiger charge is 1.99. The van der Waals surface area contributed by atoms with Gasteiger partial charge < -0.3 is 9.88 Å². The van der Waals surface area contributed by atoms with E-state index in [0.29, 0.717) is 0 Å². The Hall–Kier alpha value is -1.42. The summed E-state index contributed by atoms with van der Waals surface area (Å²) in [6.45, 7) is 3.05. The zero-order valence-corrected chi connectivity index (χ0v) is 11.0. The molecule has 1 N–H and O–H groups in total. The molecule has 0 amide bonds. The smallest absolute Gasteiger partial charge is 0.167 e. The number of anilines is 1. The quantitative estimate of drug-likeness (QED) is 0.651. The number of hydrogen-bond acceptors (Lipinski definition) is 3. The van der Waals surface area contributed by atoms with Crippen LogP contribution in [0, 0.1) is 6.92 Å². The predicted octanol–water partition coefficient (Wildman–Crippen LogP) is 2.93. The number of hydrogen-bond donors (Lipinski definition) is 1. The number of rotatable bonds is 5. The molecule has 0 saturated heterocycles. The van der Waals surface area contributed by atoms with E-state index in [0.717, 1.165) is 17.5 Å². The van der Waals surface area contributed by atoms with Gasteiger partial charge in [0.2, 0.25) is 0 Å². The molecular weight excluding hydrogens is 230 g/mol. The molecule has 0 bridgehead atoms. The molecule has 0 saturated carbocycles. The first-order valence-corrected chi connectivity index (χ1v) is 6.65. The topological polar surface area (TPSA) is 29.9 Å². The van der Waals surface area contributed by atoms with Gasteiger partial charge in [-0.2, -0.15) is 0 Å². The third kappa shape index (κ3) is 3.53. The minimum atomic E-state index is 0.945. The van der Waals surface area contributed by atoms with Crippen molar-refractivity contribution in [2.45, 2.75) is 12.1 Å². The molecule has 0 unspecified atom stereocenters. The fourth-order valence-electron chi connectivity index (χ4n) is 1.58. The Morgan fingerprint density at radius 1 is 1.41 bits per heavy atom. The van der Waals surface area contributed by atoms with Gasteiger partial charge in [-0.05, 0) is 24.6 Å².